The van der Waals surface area contributed by atoms with Gasteiger partial charge in [-0.25, -0.2) is 28.9 Å². The molecule has 52 heavy (non-hydrogen) atoms. The largest absolute Gasteiger partial charge is 0.465 e. The Hall–Kier alpha value is -5.55. The summed E-state index contributed by atoms with van der Waals surface area (Å²) in [6.45, 7) is 2.97. The SMILES string of the molecule is CN1CCN(Cc2ccc(NC(=O)Nc3ccc(Oc4ncccc4-c4ccnc(N[C@H]5C[C@H](F)CN(C(=O)O)C5)n4)cc3)cc2C(F)(F)F)CC1. The van der Waals surface area contributed by atoms with E-state index in [1.807, 2.05) is 11.9 Å². The van der Waals surface area contributed by atoms with Crippen LogP contribution in [0, 0.1) is 0 Å². The van der Waals surface area contributed by atoms with Gasteiger partial charge in [0.1, 0.15) is 11.9 Å². The Kier molecular flexibility index (Phi) is 11.0. The van der Waals surface area contributed by atoms with Crippen molar-refractivity contribution in [3.05, 3.63) is 84.2 Å². The van der Waals surface area contributed by atoms with Crippen LogP contribution >= 0.6 is 0 Å². The molecule has 4 N–H and O–H groups in total. The van der Waals surface area contributed by atoms with Crippen molar-refractivity contribution in [1.29, 1.82) is 0 Å². The number of urea groups is 1. The highest BCUT2D eigenvalue weighted by atomic mass is 19.4. The first-order valence-electron chi connectivity index (χ1n) is 16.5. The number of alkyl halides is 4. The Bertz CT molecular complexity index is 1870. The number of benzene rings is 2. The third kappa shape index (κ3) is 9.41. The minimum atomic E-state index is -4.59. The van der Waals surface area contributed by atoms with Crippen LogP contribution in [0.5, 0.6) is 11.6 Å². The number of likely N-dealkylation sites (N-methyl/N-ethyl adjacent to an activating group) is 1. The summed E-state index contributed by atoms with van der Waals surface area (Å²) in [5.74, 6) is 0.761. The van der Waals surface area contributed by atoms with E-state index >= 15 is 0 Å². The molecule has 0 unspecified atom stereocenters. The standard InChI is InChI=1S/C35H37F4N9O4/c1-46-13-15-47(16-14-46)19-22-4-5-25(18-29(22)35(37,38)39)44-33(49)43-24-6-8-27(9-7-24)52-31-28(3-2-11-40-31)30-10-12-41-32(45-30)42-26-17-23(36)20-48(21-26)34(50)51/h2-12,18,23,26H,13-17,19-21H2,1H3,(H,50,51)(H,41,42,45)(H2,43,44,49)/t23-,26-/m0/s1. The molecule has 6 rings (SSSR count). The second-order valence-electron chi connectivity index (χ2n) is 12.6. The van der Waals surface area contributed by atoms with Crippen molar-refractivity contribution in [2.45, 2.75) is 31.4 Å². The number of pyridine rings is 1. The van der Waals surface area contributed by atoms with E-state index in [0.717, 1.165) is 24.1 Å². The number of anilines is 3. The first-order chi connectivity index (χ1) is 24.9. The van der Waals surface area contributed by atoms with Crippen molar-refractivity contribution in [3.8, 4) is 22.9 Å². The van der Waals surface area contributed by atoms with Crippen LogP contribution in [0.1, 0.15) is 17.5 Å². The molecule has 13 nitrogen and oxygen atoms in total. The highest BCUT2D eigenvalue weighted by molar-refractivity contribution is 5.99. The number of halogens is 4. The third-order valence-electron chi connectivity index (χ3n) is 8.70. The van der Waals surface area contributed by atoms with Crippen molar-refractivity contribution in [1.82, 2.24) is 29.7 Å². The molecule has 4 aromatic rings. The summed E-state index contributed by atoms with van der Waals surface area (Å²) in [6, 6.07) is 13.9. The van der Waals surface area contributed by atoms with E-state index in [4.69, 9.17) is 4.74 Å². The molecule has 2 aliphatic heterocycles. The molecule has 2 aromatic heterocycles. The number of ether oxygens (including phenoxy) is 1. The van der Waals surface area contributed by atoms with Gasteiger partial charge in [-0.15, -0.1) is 0 Å². The maximum absolute atomic E-state index is 14.2. The zero-order valence-electron chi connectivity index (χ0n) is 28.1. The Labute approximate surface area is 296 Å². The molecule has 2 atom stereocenters. The fourth-order valence-corrected chi connectivity index (χ4v) is 6.04. The minimum absolute atomic E-state index is 0.00486. The number of nitrogens with zero attached hydrogens (tertiary/aromatic N) is 6. The number of hydrogen-bond donors (Lipinski definition) is 4. The number of carboxylic acid groups (broad SMARTS) is 1. The van der Waals surface area contributed by atoms with Crippen LogP contribution in [0.15, 0.2) is 73.1 Å². The summed E-state index contributed by atoms with van der Waals surface area (Å²) in [5.41, 5.74) is 0.683. The number of piperidine rings is 1. The third-order valence-corrected chi connectivity index (χ3v) is 8.70. The molecule has 2 fully saturated rings. The van der Waals surface area contributed by atoms with Gasteiger partial charge in [0.25, 0.3) is 0 Å². The average Bonchev–Trinajstić information content (AvgIpc) is 3.10. The summed E-state index contributed by atoms with van der Waals surface area (Å²) in [5, 5.41) is 17.4. The lowest BCUT2D eigenvalue weighted by molar-refractivity contribution is -0.138. The first-order valence-corrected chi connectivity index (χ1v) is 16.5. The zero-order chi connectivity index (χ0) is 36.8. The number of nitrogens with one attached hydrogen (secondary N) is 3. The number of carbonyl (C=O) groups is 2. The topological polar surface area (TPSA) is 148 Å². The summed E-state index contributed by atoms with van der Waals surface area (Å²) in [7, 11) is 1.98. The number of amides is 3. The van der Waals surface area contributed by atoms with Gasteiger partial charge in [-0.3, -0.25) is 4.90 Å². The number of aromatic nitrogens is 3. The van der Waals surface area contributed by atoms with E-state index in [1.54, 1.807) is 42.5 Å². The normalized spacial score (nSPS) is 18.4. The van der Waals surface area contributed by atoms with E-state index in [0.29, 0.717) is 35.8 Å². The van der Waals surface area contributed by atoms with Gasteiger partial charge in [-0.1, -0.05) is 6.07 Å². The molecule has 0 radical (unpaired) electrons. The summed E-state index contributed by atoms with van der Waals surface area (Å²) in [6.07, 6.45) is -3.96. The van der Waals surface area contributed by atoms with Gasteiger partial charge < -0.3 is 35.6 Å². The Morgan fingerprint density at radius 1 is 0.942 bits per heavy atom. The highest BCUT2D eigenvalue weighted by Crippen LogP contribution is 2.35. The Morgan fingerprint density at radius 2 is 1.67 bits per heavy atom. The predicted molar refractivity (Wildman–Crippen MR) is 185 cm³/mol. The molecule has 2 saturated heterocycles. The molecule has 274 valence electrons. The van der Waals surface area contributed by atoms with Crippen LogP contribution in [0.3, 0.4) is 0 Å². The first kappa shape index (κ1) is 36.2. The van der Waals surface area contributed by atoms with Crippen LogP contribution in [0.4, 0.5) is 44.5 Å². The fraction of sp³-hybridized carbons (Fsp3) is 0.343. The predicted octanol–water partition coefficient (Wildman–Crippen LogP) is 6.24. The summed E-state index contributed by atoms with van der Waals surface area (Å²) >= 11 is 0. The van der Waals surface area contributed by atoms with Crippen LogP contribution < -0.4 is 20.7 Å². The molecule has 0 saturated carbocycles. The molecular weight excluding hydrogens is 686 g/mol. The van der Waals surface area contributed by atoms with Crippen molar-refractivity contribution in [2.24, 2.45) is 0 Å². The lowest BCUT2D eigenvalue weighted by Crippen LogP contribution is -2.49. The fourth-order valence-electron chi connectivity index (χ4n) is 6.04. The van der Waals surface area contributed by atoms with Gasteiger partial charge in [-0.2, -0.15) is 13.2 Å². The molecule has 17 heteroatoms. The van der Waals surface area contributed by atoms with Crippen LogP contribution in [-0.2, 0) is 12.7 Å². The number of hydrogen-bond acceptors (Lipinski definition) is 9. The number of likely N-dealkylation sites (tertiary alicyclic amines) is 1. The van der Waals surface area contributed by atoms with Crippen LogP contribution in [0.2, 0.25) is 0 Å². The minimum Gasteiger partial charge on any atom is -0.465 e. The smallest absolute Gasteiger partial charge is 0.416 e. The van der Waals surface area contributed by atoms with E-state index in [9.17, 15) is 32.3 Å². The van der Waals surface area contributed by atoms with Gasteiger partial charge in [-0.05, 0) is 67.2 Å². The van der Waals surface area contributed by atoms with E-state index in [2.05, 4.69) is 35.8 Å². The molecule has 0 bridgehead atoms. The van der Waals surface area contributed by atoms with Gasteiger partial charge in [0.05, 0.1) is 23.4 Å². The second-order valence-corrected chi connectivity index (χ2v) is 12.6. The number of carbonyl (C=O) groups excluding carboxylic acids is 1. The molecule has 2 aliphatic rings. The number of piperazine rings is 1. The van der Waals surface area contributed by atoms with Crippen molar-refractivity contribution < 1.29 is 37.0 Å². The van der Waals surface area contributed by atoms with Crippen molar-refractivity contribution >= 4 is 29.4 Å². The molecular formula is C35H37F4N9O4. The maximum atomic E-state index is 14.2. The van der Waals surface area contributed by atoms with Crippen molar-refractivity contribution in [2.75, 3.05) is 62.3 Å². The van der Waals surface area contributed by atoms with Gasteiger partial charge in [0.2, 0.25) is 11.8 Å². The molecule has 0 spiro atoms. The van der Waals surface area contributed by atoms with Crippen molar-refractivity contribution in [3.63, 3.8) is 0 Å². The quantitative estimate of drug-likeness (QED) is 0.146. The molecule has 3 amide bonds. The molecule has 4 heterocycles. The number of rotatable bonds is 9. The van der Waals surface area contributed by atoms with Gasteiger partial charge in [0.15, 0.2) is 0 Å². The van der Waals surface area contributed by atoms with Crippen LogP contribution in [0.25, 0.3) is 11.3 Å². The molecule has 0 aliphatic carbocycles. The monoisotopic (exact) mass is 723 g/mol. The summed E-state index contributed by atoms with van der Waals surface area (Å²) < 4.78 is 62.2. The van der Waals surface area contributed by atoms with Crippen LogP contribution in [-0.4, -0.2) is 105 Å². The average molecular weight is 724 g/mol. The maximum Gasteiger partial charge on any atom is 0.416 e. The lowest BCUT2D eigenvalue weighted by atomic mass is 10.0. The van der Waals surface area contributed by atoms with E-state index in [-0.39, 0.29) is 49.1 Å². The highest BCUT2D eigenvalue weighted by Gasteiger charge is 2.34. The second kappa shape index (κ2) is 15.8. The Balaban J connectivity index is 1.08. The molecule has 2 aromatic carbocycles. The lowest BCUT2D eigenvalue weighted by Gasteiger charge is -2.33. The van der Waals surface area contributed by atoms with E-state index in [1.165, 1.54) is 24.5 Å². The summed E-state index contributed by atoms with van der Waals surface area (Å²) in [4.78, 5) is 42.3. The van der Waals surface area contributed by atoms with Gasteiger partial charge >= 0.3 is 18.3 Å². The van der Waals surface area contributed by atoms with E-state index < -0.39 is 36.1 Å². The Morgan fingerprint density at radius 3 is 2.40 bits per heavy atom. The van der Waals surface area contributed by atoms with Gasteiger partial charge in [0, 0.05) is 75.5 Å². The zero-order valence-corrected chi connectivity index (χ0v) is 28.1.